The molecule has 1 heterocycles. The third-order valence-electron chi connectivity index (χ3n) is 4.59. The lowest BCUT2D eigenvalue weighted by Gasteiger charge is -2.34. The van der Waals surface area contributed by atoms with Crippen molar-refractivity contribution in [3.05, 3.63) is 24.3 Å². The molecule has 0 saturated carbocycles. The van der Waals surface area contributed by atoms with E-state index < -0.39 is 0 Å². The number of benzene rings is 1. The molecule has 4 heteroatoms. The first kappa shape index (κ1) is 15.8. The molecular weight excluding hydrogens is 262 g/mol. The van der Waals surface area contributed by atoms with Crippen LogP contribution in [0.1, 0.15) is 26.7 Å². The first-order valence-electron chi connectivity index (χ1n) is 7.82. The van der Waals surface area contributed by atoms with Crippen molar-refractivity contribution in [3.63, 3.8) is 0 Å². The van der Waals surface area contributed by atoms with Gasteiger partial charge in [-0.05, 0) is 62.0 Å². The van der Waals surface area contributed by atoms with Gasteiger partial charge in [-0.15, -0.1) is 0 Å². The van der Waals surface area contributed by atoms with Gasteiger partial charge in [0, 0.05) is 18.4 Å². The standard InChI is InChI=1S/C17H27N3O/c1-13(2)14-8-10-20(11-9-14)12-17(21)19(3)16-6-4-15(18)5-7-16/h4-7,13-14H,8-12,18H2,1-3H3. The minimum absolute atomic E-state index is 0.141. The number of likely N-dealkylation sites (N-methyl/N-ethyl adjacent to an activating group) is 1. The molecule has 1 aromatic carbocycles. The average Bonchev–Trinajstić information content (AvgIpc) is 2.47. The van der Waals surface area contributed by atoms with E-state index in [2.05, 4.69) is 18.7 Å². The van der Waals surface area contributed by atoms with E-state index in [1.807, 2.05) is 31.3 Å². The molecule has 1 saturated heterocycles. The summed E-state index contributed by atoms with van der Waals surface area (Å²) in [7, 11) is 1.83. The van der Waals surface area contributed by atoms with Crippen LogP contribution in [-0.4, -0.2) is 37.5 Å². The summed E-state index contributed by atoms with van der Waals surface area (Å²) in [5.74, 6) is 1.70. The number of carbonyl (C=O) groups excluding carboxylic acids is 1. The molecular formula is C17H27N3O. The predicted octanol–water partition coefficient (Wildman–Crippen LogP) is 2.60. The number of amides is 1. The van der Waals surface area contributed by atoms with Gasteiger partial charge in [-0.2, -0.15) is 0 Å². The molecule has 21 heavy (non-hydrogen) atoms. The predicted molar refractivity (Wildman–Crippen MR) is 88.3 cm³/mol. The maximum atomic E-state index is 12.4. The van der Waals surface area contributed by atoms with Crippen molar-refractivity contribution < 1.29 is 4.79 Å². The Labute approximate surface area is 127 Å². The van der Waals surface area contributed by atoms with Gasteiger partial charge in [0.05, 0.1) is 6.54 Å². The Morgan fingerprint density at radius 2 is 1.86 bits per heavy atom. The molecule has 4 nitrogen and oxygen atoms in total. The Morgan fingerprint density at radius 3 is 2.38 bits per heavy atom. The summed E-state index contributed by atoms with van der Waals surface area (Å²) in [6.07, 6.45) is 2.41. The molecule has 0 aliphatic carbocycles. The number of hydrogen-bond donors (Lipinski definition) is 1. The number of piperidine rings is 1. The number of likely N-dealkylation sites (tertiary alicyclic amines) is 1. The number of rotatable bonds is 4. The lowest BCUT2D eigenvalue weighted by molar-refractivity contribution is -0.119. The van der Waals surface area contributed by atoms with E-state index in [1.54, 1.807) is 4.90 Å². The maximum absolute atomic E-state index is 12.4. The number of nitrogens with two attached hydrogens (primary N) is 1. The number of anilines is 2. The fourth-order valence-corrected chi connectivity index (χ4v) is 2.92. The van der Waals surface area contributed by atoms with E-state index in [0.717, 1.165) is 36.3 Å². The molecule has 0 aromatic heterocycles. The molecule has 1 fully saturated rings. The summed E-state index contributed by atoms with van der Waals surface area (Å²) in [5, 5.41) is 0. The Hall–Kier alpha value is -1.55. The molecule has 0 bridgehead atoms. The Morgan fingerprint density at radius 1 is 1.29 bits per heavy atom. The van der Waals surface area contributed by atoms with Crippen LogP contribution in [-0.2, 0) is 4.79 Å². The van der Waals surface area contributed by atoms with Gasteiger partial charge >= 0.3 is 0 Å². The van der Waals surface area contributed by atoms with Gasteiger partial charge < -0.3 is 10.6 Å². The molecule has 1 aliphatic heterocycles. The highest BCUT2D eigenvalue weighted by atomic mass is 16.2. The van der Waals surface area contributed by atoms with Crippen LogP contribution >= 0.6 is 0 Å². The molecule has 0 spiro atoms. The summed E-state index contributed by atoms with van der Waals surface area (Å²) in [6.45, 7) is 7.15. The second kappa shape index (κ2) is 6.94. The minimum Gasteiger partial charge on any atom is -0.399 e. The third-order valence-corrected chi connectivity index (χ3v) is 4.59. The zero-order chi connectivity index (χ0) is 15.4. The van der Waals surface area contributed by atoms with Gasteiger partial charge in [-0.25, -0.2) is 0 Å². The molecule has 0 radical (unpaired) electrons. The molecule has 0 unspecified atom stereocenters. The van der Waals surface area contributed by atoms with Crippen molar-refractivity contribution in [2.45, 2.75) is 26.7 Å². The van der Waals surface area contributed by atoms with E-state index >= 15 is 0 Å². The van der Waals surface area contributed by atoms with Gasteiger partial charge in [0.15, 0.2) is 0 Å². The van der Waals surface area contributed by atoms with Crippen molar-refractivity contribution in [2.75, 3.05) is 37.3 Å². The fourth-order valence-electron chi connectivity index (χ4n) is 2.92. The topological polar surface area (TPSA) is 49.6 Å². The summed E-state index contributed by atoms with van der Waals surface area (Å²) in [5.41, 5.74) is 7.29. The smallest absolute Gasteiger partial charge is 0.240 e. The van der Waals surface area contributed by atoms with E-state index in [0.29, 0.717) is 6.54 Å². The normalized spacial score (nSPS) is 17.1. The maximum Gasteiger partial charge on any atom is 0.240 e. The average molecular weight is 289 g/mol. The van der Waals surface area contributed by atoms with Crippen LogP contribution in [0.5, 0.6) is 0 Å². The van der Waals surface area contributed by atoms with E-state index in [-0.39, 0.29) is 5.91 Å². The number of carbonyl (C=O) groups is 1. The van der Waals surface area contributed by atoms with Crippen molar-refractivity contribution in [1.29, 1.82) is 0 Å². The van der Waals surface area contributed by atoms with Gasteiger partial charge in [-0.1, -0.05) is 13.8 Å². The van der Waals surface area contributed by atoms with Crippen LogP contribution in [0.25, 0.3) is 0 Å². The number of hydrogen-bond acceptors (Lipinski definition) is 3. The zero-order valence-corrected chi connectivity index (χ0v) is 13.4. The number of nitrogens with zero attached hydrogens (tertiary/aromatic N) is 2. The molecule has 0 atom stereocenters. The molecule has 116 valence electrons. The van der Waals surface area contributed by atoms with E-state index in [1.165, 1.54) is 12.8 Å². The highest BCUT2D eigenvalue weighted by Gasteiger charge is 2.23. The molecule has 2 N–H and O–H groups in total. The lowest BCUT2D eigenvalue weighted by atomic mass is 9.87. The molecule has 1 amide bonds. The fraction of sp³-hybridized carbons (Fsp3) is 0.588. The monoisotopic (exact) mass is 289 g/mol. The van der Waals surface area contributed by atoms with Crippen molar-refractivity contribution in [3.8, 4) is 0 Å². The van der Waals surface area contributed by atoms with Crippen LogP contribution < -0.4 is 10.6 Å². The zero-order valence-electron chi connectivity index (χ0n) is 13.4. The summed E-state index contributed by atoms with van der Waals surface area (Å²) < 4.78 is 0. The van der Waals surface area contributed by atoms with Gasteiger partial charge in [-0.3, -0.25) is 9.69 Å². The summed E-state index contributed by atoms with van der Waals surface area (Å²) in [4.78, 5) is 16.4. The summed E-state index contributed by atoms with van der Waals surface area (Å²) in [6, 6.07) is 7.43. The first-order chi connectivity index (χ1) is 9.97. The number of nitrogen functional groups attached to an aromatic ring is 1. The van der Waals surface area contributed by atoms with E-state index in [4.69, 9.17) is 5.73 Å². The molecule has 1 aromatic rings. The Balaban J connectivity index is 1.86. The van der Waals surface area contributed by atoms with Gasteiger partial charge in [0.2, 0.25) is 5.91 Å². The van der Waals surface area contributed by atoms with Crippen LogP contribution in [0.15, 0.2) is 24.3 Å². The molecule has 2 rings (SSSR count). The van der Waals surface area contributed by atoms with Gasteiger partial charge in [0.25, 0.3) is 0 Å². The second-order valence-electron chi connectivity index (χ2n) is 6.40. The Bertz CT molecular complexity index is 461. The van der Waals surface area contributed by atoms with Crippen molar-refractivity contribution in [2.24, 2.45) is 11.8 Å². The minimum atomic E-state index is 0.141. The van der Waals surface area contributed by atoms with Crippen LogP contribution in [0.3, 0.4) is 0 Å². The van der Waals surface area contributed by atoms with Crippen LogP contribution in [0.2, 0.25) is 0 Å². The van der Waals surface area contributed by atoms with E-state index in [9.17, 15) is 4.79 Å². The highest BCUT2D eigenvalue weighted by molar-refractivity contribution is 5.94. The third kappa shape index (κ3) is 4.21. The van der Waals surface area contributed by atoms with Gasteiger partial charge in [0.1, 0.15) is 0 Å². The largest absolute Gasteiger partial charge is 0.399 e. The van der Waals surface area contributed by atoms with Crippen LogP contribution in [0.4, 0.5) is 11.4 Å². The first-order valence-corrected chi connectivity index (χ1v) is 7.82. The molecule has 1 aliphatic rings. The SMILES string of the molecule is CC(C)C1CCN(CC(=O)N(C)c2ccc(N)cc2)CC1. The van der Waals surface area contributed by atoms with Crippen molar-refractivity contribution in [1.82, 2.24) is 4.90 Å². The highest BCUT2D eigenvalue weighted by Crippen LogP contribution is 2.24. The lowest BCUT2D eigenvalue weighted by Crippen LogP contribution is -2.42. The summed E-state index contributed by atoms with van der Waals surface area (Å²) >= 11 is 0. The quantitative estimate of drug-likeness (QED) is 0.867. The second-order valence-corrected chi connectivity index (χ2v) is 6.40. The van der Waals surface area contributed by atoms with Crippen LogP contribution in [0, 0.1) is 11.8 Å². The van der Waals surface area contributed by atoms with Crippen molar-refractivity contribution >= 4 is 17.3 Å². The Kier molecular flexibility index (Phi) is 5.23.